The van der Waals surface area contributed by atoms with Crippen molar-refractivity contribution >= 4 is 5.97 Å². The number of fused-ring (bicyclic) bond motifs is 1. The number of piperidine rings is 1. The zero-order chi connectivity index (χ0) is 30.0. The van der Waals surface area contributed by atoms with Gasteiger partial charge in [-0.25, -0.2) is 18.0 Å². The fourth-order valence-electron chi connectivity index (χ4n) is 5.70. The molecule has 0 spiro atoms. The van der Waals surface area contributed by atoms with E-state index in [1.54, 1.807) is 0 Å². The highest BCUT2D eigenvalue weighted by atomic mass is 19.1. The quantitative estimate of drug-likeness (QED) is 0.272. The van der Waals surface area contributed by atoms with Crippen molar-refractivity contribution in [1.82, 2.24) is 10.2 Å². The molecular weight excluding hydrogens is 545 g/mol. The monoisotopic (exact) mass is 582 g/mol. The predicted molar refractivity (Wildman–Crippen MR) is 153 cm³/mol. The number of ether oxygens (including phenoxy) is 2. The maximum absolute atomic E-state index is 14.0. The Kier molecular flexibility index (Phi) is 8.80. The van der Waals surface area contributed by atoms with Crippen LogP contribution < -0.4 is 14.8 Å². The van der Waals surface area contributed by atoms with Crippen molar-refractivity contribution in [1.29, 1.82) is 0 Å². The number of nitrogens with zero attached hydrogens (tertiary/aromatic N) is 1. The van der Waals surface area contributed by atoms with Gasteiger partial charge in [0.15, 0.2) is 6.10 Å². The fraction of sp³-hybridized carbons (Fsp3) is 0.424. The molecule has 2 fully saturated rings. The maximum atomic E-state index is 14.0. The van der Waals surface area contributed by atoms with Crippen LogP contribution >= 0.6 is 0 Å². The summed E-state index contributed by atoms with van der Waals surface area (Å²) in [5.41, 5.74) is 1.89. The second kappa shape index (κ2) is 12.4. The standard InChI is InChI=1S/C33H37F3N2O4/c1-33(2,3)21-6-10-24(11-7-21)42-30(32(39)40)14-20-4-8-23(9-5-20)41-13-12-37-31-25-17-38(18-26(25)31)19-27-28(35)15-22(34)16-29(27)36/h4-11,15-16,25-26,30-31,37H,12-14,17-19H2,1-3H3,(H,39,40)/t25-,26?,30-,31?/m0/s1. The predicted octanol–water partition coefficient (Wildman–Crippen LogP) is 5.57. The number of aliphatic carboxylic acids is 1. The number of nitrogens with one attached hydrogen (secondary N) is 1. The maximum Gasteiger partial charge on any atom is 0.345 e. The highest BCUT2D eigenvalue weighted by Crippen LogP contribution is 2.46. The summed E-state index contributed by atoms with van der Waals surface area (Å²) in [6.07, 6.45) is -0.788. The van der Waals surface area contributed by atoms with Crippen LogP contribution in [0.5, 0.6) is 11.5 Å². The second-order valence-electron chi connectivity index (χ2n) is 12.3. The third-order valence-corrected chi connectivity index (χ3v) is 8.13. The van der Waals surface area contributed by atoms with Gasteiger partial charge < -0.3 is 19.9 Å². The smallest absolute Gasteiger partial charge is 0.345 e. The molecule has 2 N–H and O–H groups in total. The summed E-state index contributed by atoms with van der Waals surface area (Å²) in [6, 6.07) is 16.7. The van der Waals surface area contributed by atoms with Crippen molar-refractivity contribution in [2.75, 3.05) is 26.2 Å². The van der Waals surface area contributed by atoms with Gasteiger partial charge >= 0.3 is 5.97 Å². The van der Waals surface area contributed by atoms with E-state index in [0.717, 1.165) is 36.3 Å². The van der Waals surface area contributed by atoms with Crippen LogP contribution in [-0.4, -0.2) is 54.4 Å². The summed E-state index contributed by atoms with van der Waals surface area (Å²) in [6.45, 7) is 9.10. The van der Waals surface area contributed by atoms with Gasteiger partial charge in [-0.1, -0.05) is 45.0 Å². The summed E-state index contributed by atoms with van der Waals surface area (Å²) >= 11 is 0. The number of hydrogen-bond donors (Lipinski definition) is 2. The number of halogens is 3. The molecule has 1 saturated heterocycles. The Morgan fingerprint density at radius 2 is 1.57 bits per heavy atom. The zero-order valence-electron chi connectivity index (χ0n) is 24.1. The number of rotatable bonds is 12. The number of carbonyl (C=O) groups is 1. The molecule has 224 valence electrons. The summed E-state index contributed by atoms with van der Waals surface area (Å²) in [7, 11) is 0. The van der Waals surface area contributed by atoms with Crippen LogP contribution in [0.2, 0.25) is 0 Å². The van der Waals surface area contributed by atoms with E-state index in [9.17, 15) is 23.1 Å². The topological polar surface area (TPSA) is 71.0 Å². The highest BCUT2D eigenvalue weighted by molar-refractivity contribution is 5.73. The van der Waals surface area contributed by atoms with E-state index in [-0.39, 0.29) is 23.9 Å². The molecule has 1 aliphatic carbocycles. The van der Waals surface area contributed by atoms with Crippen molar-refractivity contribution in [2.24, 2.45) is 11.8 Å². The molecule has 1 heterocycles. The lowest BCUT2D eigenvalue weighted by Gasteiger charge is -2.20. The molecule has 1 saturated carbocycles. The fourth-order valence-corrected chi connectivity index (χ4v) is 5.70. The van der Waals surface area contributed by atoms with E-state index >= 15 is 0 Å². The van der Waals surface area contributed by atoms with Gasteiger partial charge in [-0.05, 0) is 52.6 Å². The molecular formula is C33H37F3N2O4. The first-order valence-corrected chi connectivity index (χ1v) is 14.3. The Labute approximate surface area is 244 Å². The SMILES string of the molecule is CC(C)(C)c1ccc(O[C@@H](Cc2ccc(OCCNC3C4CN(Cc5c(F)cc(F)cc5F)C[C@@H]43)cc2)C(=O)O)cc1. The van der Waals surface area contributed by atoms with E-state index in [2.05, 4.69) is 26.1 Å². The first kappa shape index (κ1) is 29.9. The van der Waals surface area contributed by atoms with E-state index in [4.69, 9.17) is 9.47 Å². The minimum atomic E-state index is -1.02. The first-order valence-electron chi connectivity index (χ1n) is 14.3. The summed E-state index contributed by atoms with van der Waals surface area (Å²) in [5, 5.41) is 13.2. The molecule has 2 unspecified atom stereocenters. The van der Waals surface area contributed by atoms with Crippen LogP contribution in [0.25, 0.3) is 0 Å². The van der Waals surface area contributed by atoms with Crippen LogP contribution in [0.4, 0.5) is 13.2 Å². The third-order valence-electron chi connectivity index (χ3n) is 8.13. The third kappa shape index (κ3) is 7.25. The first-order chi connectivity index (χ1) is 20.0. The number of carboxylic acids is 1. The number of hydrogen-bond acceptors (Lipinski definition) is 5. The van der Waals surface area contributed by atoms with Crippen molar-refractivity contribution in [3.63, 3.8) is 0 Å². The molecule has 0 bridgehead atoms. The lowest BCUT2D eigenvalue weighted by Crippen LogP contribution is -2.33. The Morgan fingerprint density at radius 3 is 2.14 bits per heavy atom. The highest BCUT2D eigenvalue weighted by Gasteiger charge is 2.55. The van der Waals surface area contributed by atoms with Gasteiger partial charge in [-0.2, -0.15) is 0 Å². The normalized spacial score (nSPS) is 20.7. The van der Waals surface area contributed by atoms with E-state index in [1.165, 1.54) is 0 Å². The van der Waals surface area contributed by atoms with Crippen LogP contribution in [0.3, 0.4) is 0 Å². The van der Waals surface area contributed by atoms with Gasteiger partial charge in [0.1, 0.15) is 35.6 Å². The van der Waals surface area contributed by atoms with Gasteiger partial charge in [0, 0.05) is 56.3 Å². The van der Waals surface area contributed by atoms with E-state index in [1.807, 2.05) is 53.4 Å². The molecule has 0 radical (unpaired) electrons. The summed E-state index contributed by atoms with van der Waals surface area (Å²) in [4.78, 5) is 13.9. The van der Waals surface area contributed by atoms with Gasteiger partial charge in [0.25, 0.3) is 0 Å². The second-order valence-corrected chi connectivity index (χ2v) is 12.3. The minimum absolute atomic E-state index is 0.00223. The molecule has 1 aliphatic heterocycles. The molecule has 2 aliphatic rings. The van der Waals surface area contributed by atoms with Crippen LogP contribution in [0, 0.1) is 29.3 Å². The van der Waals surface area contributed by atoms with Gasteiger partial charge in [-0.3, -0.25) is 4.90 Å². The summed E-state index contributed by atoms with van der Waals surface area (Å²) < 4.78 is 52.7. The lowest BCUT2D eigenvalue weighted by molar-refractivity contribution is -0.145. The minimum Gasteiger partial charge on any atom is -0.492 e. The molecule has 0 amide bonds. The molecule has 6 nitrogen and oxygen atoms in total. The average molecular weight is 583 g/mol. The van der Waals surface area contributed by atoms with Crippen molar-refractivity contribution in [2.45, 2.75) is 51.3 Å². The number of benzene rings is 3. The van der Waals surface area contributed by atoms with Crippen LogP contribution in [0.1, 0.15) is 37.5 Å². The number of likely N-dealkylation sites (tertiary alicyclic amines) is 1. The Bertz CT molecular complexity index is 1360. The molecule has 0 aromatic heterocycles. The van der Waals surface area contributed by atoms with Crippen molar-refractivity contribution < 1.29 is 32.5 Å². The van der Waals surface area contributed by atoms with Gasteiger partial charge in [-0.15, -0.1) is 0 Å². The molecule has 42 heavy (non-hydrogen) atoms. The Morgan fingerprint density at radius 1 is 0.976 bits per heavy atom. The van der Waals surface area contributed by atoms with Crippen molar-refractivity contribution in [3.05, 3.63) is 94.8 Å². The molecule has 9 heteroatoms. The average Bonchev–Trinajstić information content (AvgIpc) is 3.37. The lowest BCUT2D eigenvalue weighted by atomic mass is 9.87. The van der Waals surface area contributed by atoms with E-state index < -0.39 is 29.5 Å². The largest absolute Gasteiger partial charge is 0.492 e. The van der Waals surface area contributed by atoms with E-state index in [0.29, 0.717) is 42.5 Å². The molecule has 4 atom stereocenters. The number of carboxylic acid groups (broad SMARTS) is 1. The molecule has 5 rings (SSSR count). The van der Waals surface area contributed by atoms with Crippen LogP contribution in [0.15, 0.2) is 60.7 Å². The molecule has 3 aromatic carbocycles. The molecule has 3 aromatic rings. The summed E-state index contributed by atoms with van der Waals surface area (Å²) in [5.74, 6) is -1.55. The van der Waals surface area contributed by atoms with Gasteiger partial charge in [0.05, 0.1) is 0 Å². The van der Waals surface area contributed by atoms with Crippen molar-refractivity contribution in [3.8, 4) is 11.5 Å². The Balaban J connectivity index is 1.02. The zero-order valence-corrected chi connectivity index (χ0v) is 24.1. The Hall–Kier alpha value is -3.56. The van der Waals surface area contributed by atoms with Crippen LogP contribution in [-0.2, 0) is 23.2 Å². The van der Waals surface area contributed by atoms with Gasteiger partial charge in [0.2, 0.25) is 0 Å².